The highest BCUT2D eigenvalue weighted by Crippen LogP contribution is 2.22. The monoisotopic (exact) mass is 177 g/mol. The zero-order valence-electron chi connectivity index (χ0n) is 7.79. The number of aromatic nitrogens is 1. The van der Waals surface area contributed by atoms with E-state index in [9.17, 15) is 4.39 Å². The molecule has 68 valence electrons. The molecule has 0 saturated carbocycles. The number of para-hydroxylation sites is 1. The molecule has 0 N–H and O–H groups in total. The summed E-state index contributed by atoms with van der Waals surface area (Å²) < 4.78 is 15.4. The van der Waals surface area contributed by atoms with Crippen LogP contribution < -0.4 is 0 Å². The Labute approximate surface area is 76.8 Å². The van der Waals surface area contributed by atoms with E-state index in [-0.39, 0.29) is 5.82 Å². The molecule has 1 heterocycles. The second-order valence-corrected chi connectivity index (χ2v) is 3.49. The van der Waals surface area contributed by atoms with Crippen LogP contribution in [0.15, 0.2) is 30.5 Å². The molecule has 13 heavy (non-hydrogen) atoms. The zero-order chi connectivity index (χ0) is 9.42. The van der Waals surface area contributed by atoms with Crippen LogP contribution in [-0.2, 0) is 0 Å². The number of fused-ring (bicyclic) bond motifs is 1. The Kier molecular flexibility index (Phi) is 1.83. The minimum Gasteiger partial charge on any atom is -0.343 e. The van der Waals surface area contributed by atoms with Crippen molar-refractivity contribution in [2.75, 3.05) is 0 Å². The van der Waals surface area contributed by atoms with Crippen LogP contribution in [0.1, 0.15) is 19.9 Å². The van der Waals surface area contributed by atoms with Crippen LogP contribution in [-0.4, -0.2) is 4.57 Å². The lowest BCUT2D eigenvalue weighted by atomic mass is 10.2. The summed E-state index contributed by atoms with van der Waals surface area (Å²) >= 11 is 0. The summed E-state index contributed by atoms with van der Waals surface area (Å²) in [5.74, 6) is -0.142. The Morgan fingerprint density at radius 2 is 2.00 bits per heavy atom. The van der Waals surface area contributed by atoms with Gasteiger partial charge < -0.3 is 4.57 Å². The van der Waals surface area contributed by atoms with Gasteiger partial charge in [-0.25, -0.2) is 4.39 Å². The van der Waals surface area contributed by atoms with Crippen molar-refractivity contribution in [2.45, 2.75) is 19.9 Å². The number of hydrogen-bond donors (Lipinski definition) is 0. The number of benzene rings is 1. The minimum absolute atomic E-state index is 0.142. The van der Waals surface area contributed by atoms with Crippen LogP contribution in [0.5, 0.6) is 0 Å². The van der Waals surface area contributed by atoms with Crippen LogP contribution >= 0.6 is 0 Å². The van der Waals surface area contributed by atoms with E-state index in [1.165, 1.54) is 6.07 Å². The SMILES string of the molecule is CC(C)n1ccc2cccc(F)c21. The van der Waals surface area contributed by atoms with Crippen molar-refractivity contribution in [2.24, 2.45) is 0 Å². The Morgan fingerprint density at radius 1 is 1.23 bits per heavy atom. The summed E-state index contributed by atoms with van der Waals surface area (Å²) in [6.45, 7) is 4.10. The first-order chi connectivity index (χ1) is 6.20. The number of hydrogen-bond acceptors (Lipinski definition) is 0. The van der Waals surface area contributed by atoms with Crippen molar-refractivity contribution in [1.29, 1.82) is 0 Å². The molecule has 2 rings (SSSR count). The molecular formula is C11H12FN. The highest BCUT2D eigenvalue weighted by Gasteiger charge is 2.07. The van der Waals surface area contributed by atoms with Gasteiger partial charge in [0.15, 0.2) is 0 Å². The average molecular weight is 177 g/mol. The van der Waals surface area contributed by atoms with E-state index in [0.717, 1.165) is 5.39 Å². The standard InChI is InChI=1S/C11H12FN/c1-8(2)13-7-6-9-4-3-5-10(12)11(9)13/h3-8H,1-2H3. The van der Waals surface area contributed by atoms with Crippen molar-refractivity contribution < 1.29 is 4.39 Å². The highest BCUT2D eigenvalue weighted by molar-refractivity contribution is 5.80. The molecule has 1 aromatic heterocycles. The van der Waals surface area contributed by atoms with E-state index in [2.05, 4.69) is 0 Å². The van der Waals surface area contributed by atoms with Gasteiger partial charge in [-0.3, -0.25) is 0 Å². The molecule has 2 aromatic rings. The van der Waals surface area contributed by atoms with Crippen molar-refractivity contribution in [1.82, 2.24) is 4.57 Å². The molecule has 2 heteroatoms. The Bertz CT molecular complexity index is 429. The topological polar surface area (TPSA) is 4.93 Å². The van der Waals surface area contributed by atoms with E-state index >= 15 is 0 Å². The minimum atomic E-state index is -0.142. The molecule has 1 nitrogen and oxygen atoms in total. The quantitative estimate of drug-likeness (QED) is 0.629. The van der Waals surface area contributed by atoms with E-state index in [1.807, 2.05) is 36.7 Å². The van der Waals surface area contributed by atoms with Crippen LogP contribution in [0.2, 0.25) is 0 Å². The molecule has 0 atom stereocenters. The first kappa shape index (κ1) is 8.30. The average Bonchev–Trinajstić information content (AvgIpc) is 2.49. The predicted molar refractivity (Wildman–Crippen MR) is 52.3 cm³/mol. The van der Waals surface area contributed by atoms with Gasteiger partial charge in [0.05, 0.1) is 5.52 Å². The van der Waals surface area contributed by atoms with Crippen molar-refractivity contribution in [3.8, 4) is 0 Å². The van der Waals surface area contributed by atoms with Crippen LogP contribution in [0.3, 0.4) is 0 Å². The maximum Gasteiger partial charge on any atom is 0.147 e. The van der Waals surface area contributed by atoms with Crippen LogP contribution in [0, 0.1) is 5.82 Å². The fourth-order valence-corrected chi connectivity index (χ4v) is 1.60. The normalized spacial score (nSPS) is 11.4. The molecule has 0 fully saturated rings. The van der Waals surface area contributed by atoms with Gasteiger partial charge in [-0.2, -0.15) is 0 Å². The molecule has 0 amide bonds. The van der Waals surface area contributed by atoms with Gasteiger partial charge >= 0.3 is 0 Å². The first-order valence-corrected chi connectivity index (χ1v) is 4.45. The Morgan fingerprint density at radius 3 is 2.69 bits per heavy atom. The molecule has 0 aliphatic rings. The fraction of sp³-hybridized carbons (Fsp3) is 0.273. The second kappa shape index (κ2) is 2.87. The fourth-order valence-electron chi connectivity index (χ4n) is 1.60. The third-order valence-corrected chi connectivity index (χ3v) is 2.25. The van der Waals surface area contributed by atoms with Crippen molar-refractivity contribution in [3.63, 3.8) is 0 Å². The molecule has 0 bridgehead atoms. The summed E-state index contributed by atoms with van der Waals surface area (Å²) in [7, 11) is 0. The number of nitrogens with zero attached hydrogens (tertiary/aromatic N) is 1. The van der Waals surface area contributed by atoms with Gasteiger partial charge in [0, 0.05) is 17.6 Å². The van der Waals surface area contributed by atoms with E-state index < -0.39 is 0 Å². The van der Waals surface area contributed by atoms with Gasteiger partial charge in [0.2, 0.25) is 0 Å². The summed E-state index contributed by atoms with van der Waals surface area (Å²) in [6, 6.07) is 7.41. The molecule has 0 unspecified atom stereocenters. The summed E-state index contributed by atoms with van der Waals surface area (Å²) in [6.07, 6.45) is 1.93. The second-order valence-electron chi connectivity index (χ2n) is 3.49. The lowest BCUT2D eigenvalue weighted by Gasteiger charge is -2.09. The predicted octanol–water partition coefficient (Wildman–Crippen LogP) is 3.36. The largest absolute Gasteiger partial charge is 0.343 e. The van der Waals surface area contributed by atoms with Gasteiger partial charge in [-0.15, -0.1) is 0 Å². The Hall–Kier alpha value is -1.31. The number of halogens is 1. The van der Waals surface area contributed by atoms with E-state index in [0.29, 0.717) is 11.6 Å². The molecule has 0 radical (unpaired) electrons. The van der Waals surface area contributed by atoms with Gasteiger partial charge in [-0.05, 0) is 26.0 Å². The van der Waals surface area contributed by atoms with Gasteiger partial charge in [0.25, 0.3) is 0 Å². The van der Waals surface area contributed by atoms with Crippen LogP contribution in [0.25, 0.3) is 10.9 Å². The maximum absolute atomic E-state index is 13.4. The van der Waals surface area contributed by atoms with Crippen molar-refractivity contribution >= 4 is 10.9 Å². The molecule has 0 saturated heterocycles. The summed E-state index contributed by atoms with van der Waals surface area (Å²) in [4.78, 5) is 0. The Balaban J connectivity index is 2.79. The van der Waals surface area contributed by atoms with Gasteiger partial charge in [0.1, 0.15) is 5.82 Å². The van der Waals surface area contributed by atoms with E-state index in [4.69, 9.17) is 0 Å². The third kappa shape index (κ3) is 1.22. The maximum atomic E-state index is 13.4. The third-order valence-electron chi connectivity index (χ3n) is 2.25. The van der Waals surface area contributed by atoms with Crippen molar-refractivity contribution in [3.05, 3.63) is 36.3 Å². The summed E-state index contributed by atoms with van der Waals surface area (Å²) in [5, 5.41) is 0.966. The molecular weight excluding hydrogens is 165 g/mol. The zero-order valence-corrected chi connectivity index (χ0v) is 7.79. The lowest BCUT2D eigenvalue weighted by Crippen LogP contribution is -1.99. The summed E-state index contributed by atoms with van der Waals surface area (Å²) in [5.41, 5.74) is 0.706. The first-order valence-electron chi connectivity index (χ1n) is 4.45. The molecule has 0 spiro atoms. The van der Waals surface area contributed by atoms with Gasteiger partial charge in [-0.1, -0.05) is 12.1 Å². The number of rotatable bonds is 1. The highest BCUT2D eigenvalue weighted by atomic mass is 19.1. The van der Waals surface area contributed by atoms with Crippen LogP contribution in [0.4, 0.5) is 4.39 Å². The molecule has 1 aromatic carbocycles. The lowest BCUT2D eigenvalue weighted by molar-refractivity contribution is 0.588. The smallest absolute Gasteiger partial charge is 0.147 e. The van der Waals surface area contributed by atoms with E-state index in [1.54, 1.807) is 6.07 Å². The molecule has 0 aliphatic heterocycles. The molecule has 0 aliphatic carbocycles.